The summed E-state index contributed by atoms with van der Waals surface area (Å²) in [6.07, 6.45) is 1.57. The van der Waals surface area contributed by atoms with Crippen molar-refractivity contribution < 1.29 is 21.6 Å². The van der Waals surface area contributed by atoms with Gasteiger partial charge in [0.05, 0.1) is 0 Å². The monoisotopic (exact) mass is 448 g/mol. The highest BCUT2D eigenvalue weighted by Gasteiger charge is 2.50. The Hall–Kier alpha value is -1.81. The van der Waals surface area contributed by atoms with Gasteiger partial charge in [0.1, 0.15) is 0 Å². The number of aryl methyl sites for hydroxylation is 2. The first-order chi connectivity index (χ1) is 14.0. The van der Waals surface area contributed by atoms with E-state index in [1.165, 1.54) is 16.7 Å². The number of hydrogen-bond acceptors (Lipinski definition) is 3. The van der Waals surface area contributed by atoms with Crippen LogP contribution in [0.4, 0.5) is 13.2 Å². The number of nitrogens with one attached hydrogen (secondary N) is 2. The molecule has 0 aliphatic carbocycles. The molecule has 1 aliphatic rings. The van der Waals surface area contributed by atoms with Crippen LogP contribution in [-0.4, -0.2) is 56.9 Å². The highest BCUT2D eigenvalue weighted by molar-refractivity contribution is 7.90. The van der Waals surface area contributed by atoms with Crippen LogP contribution in [0.5, 0.6) is 0 Å². The third-order valence-corrected chi connectivity index (χ3v) is 6.68. The third-order valence-electron chi connectivity index (χ3n) is 5.05. The molecule has 1 heterocycles. The number of benzene rings is 1. The fourth-order valence-electron chi connectivity index (χ4n) is 3.58. The molecular formula is C20H31F3N4O2S. The summed E-state index contributed by atoms with van der Waals surface area (Å²) in [5, 5.41) is 6.45. The predicted octanol–water partition coefficient (Wildman–Crippen LogP) is 2.96. The van der Waals surface area contributed by atoms with E-state index in [1.807, 2.05) is 6.92 Å². The van der Waals surface area contributed by atoms with Crippen LogP contribution in [0.3, 0.4) is 0 Å². The maximum atomic E-state index is 12.7. The third kappa shape index (κ3) is 6.87. The Balaban J connectivity index is 1.85. The van der Waals surface area contributed by atoms with Gasteiger partial charge in [0, 0.05) is 32.7 Å². The summed E-state index contributed by atoms with van der Waals surface area (Å²) in [4.78, 5) is 4.54. The molecule has 0 radical (unpaired) electrons. The van der Waals surface area contributed by atoms with Gasteiger partial charge in [-0.15, -0.1) is 0 Å². The Kier molecular flexibility index (Phi) is 8.54. The minimum Gasteiger partial charge on any atom is -0.357 e. The van der Waals surface area contributed by atoms with Crippen LogP contribution >= 0.6 is 0 Å². The number of aliphatic imine (C=N–C) groups is 1. The average molecular weight is 449 g/mol. The summed E-state index contributed by atoms with van der Waals surface area (Å²) in [6, 6.07) is 6.44. The van der Waals surface area contributed by atoms with Gasteiger partial charge in [-0.2, -0.15) is 17.5 Å². The van der Waals surface area contributed by atoms with Crippen LogP contribution in [0, 0.1) is 19.8 Å². The maximum absolute atomic E-state index is 12.7. The first kappa shape index (κ1) is 24.5. The van der Waals surface area contributed by atoms with Crippen LogP contribution in [0.25, 0.3) is 0 Å². The fraction of sp³-hybridized carbons (Fsp3) is 0.650. The lowest BCUT2D eigenvalue weighted by atomic mass is 9.98. The molecule has 2 N–H and O–H groups in total. The topological polar surface area (TPSA) is 73.8 Å². The lowest BCUT2D eigenvalue weighted by Crippen LogP contribution is -2.45. The predicted molar refractivity (Wildman–Crippen MR) is 113 cm³/mol. The number of alkyl halides is 3. The largest absolute Gasteiger partial charge is 0.511 e. The van der Waals surface area contributed by atoms with E-state index in [9.17, 15) is 21.6 Å². The van der Waals surface area contributed by atoms with E-state index < -0.39 is 15.5 Å². The molecule has 1 saturated heterocycles. The van der Waals surface area contributed by atoms with E-state index in [-0.39, 0.29) is 19.0 Å². The second-order valence-electron chi connectivity index (χ2n) is 7.69. The number of nitrogens with zero attached hydrogens (tertiary/aromatic N) is 2. The number of sulfonamides is 1. The molecule has 1 aromatic carbocycles. The lowest BCUT2D eigenvalue weighted by molar-refractivity contribution is -0.0496. The van der Waals surface area contributed by atoms with Gasteiger partial charge in [0.15, 0.2) is 5.96 Å². The summed E-state index contributed by atoms with van der Waals surface area (Å²) >= 11 is 0. The molecule has 0 bridgehead atoms. The smallest absolute Gasteiger partial charge is 0.357 e. The minimum absolute atomic E-state index is 0.0552. The normalized spacial score (nSPS) is 17.2. The van der Waals surface area contributed by atoms with Crippen LogP contribution in [0.2, 0.25) is 0 Å². The van der Waals surface area contributed by atoms with Gasteiger partial charge in [-0.3, -0.25) is 4.99 Å². The molecule has 6 nitrogen and oxygen atoms in total. The van der Waals surface area contributed by atoms with Crippen molar-refractivity contribution in [3.05, 3.63) is 34.9 Å². The Morgan fingerprint density at radius 2 is 1.73 bits per heavy atom. The van der Waals surface area contributed by atoms with E-state index in [4.69, 9.17) is 0 Å². The van der Waals surface area contributed by atoms with Gasteiger partial charge in [-0.05, 0) is 51.5 Å². The van der Waals surface area contributed by atoms with Crippen molar-refractivity contribution in [3.8, 4) is 0 Å². The average Bonchev–Trinajstić information content (AvgIpc) is 2.65. The van der Waals surface area contributed by atoms with Gasteiger partial charge in [0.25, 0.3) is 0 Å². The molecule has 0 saturated carbocycles. The highest BCUT2D eigenvalue weighted by atomic mass is 32.2. The van der Waals surface area contributed by atoms with Crippen LogP contribution in [0.15, 0.2) is 23.2 Å². The van der Waals surface area contributed by atoms with Crippen molar-refractivity contribution in [2.75, 3.05) is 32.7 Å². The van der Waals surface area contributed by atoms with Gasteiger partial charge >= 0.3 is 15.5 Å². The minimum atomic E-state index is -5.24. The standard InChI is InChI=1S/C20H31F3N4O2S/c1-4-24-19(25-8-5-18-12-15(2)11-16(3)13-18)26-14-17-6-9-27(10-7-17)30(28,29)20(21,22)23/h11-13,17H,4-10,14H2,1-3H3,(H2,24,25,26). The number of halogens is 3. The van der Waals surface area contributed by atoms with Crippen LogP contribution in [-0.2, 0) is 16.4 Å². The van der Waals surface area contributed by atoms with Crippen molar-refractivity contribution >= 4 is 16.0 Å². The van der Waals surface area contributed by atoms with Crippen molar-refractivity contribution in [3.63, 3.8) is 0 Å². The quantitative estimate of drug-likeness (QED) is 0.497. The second kappa shape index (κ2) is 10.5. The summed E-state index contributed by atoms with van der Waals surface area (Å²) in [5.74, 6) is 0.715. The zero-order chi connectivity index (χ0) is 22.4. The van der Waals surface area contributed by atoms with Gasteiger partial charge < -0.3 is 10.6 Å². The first-order valence-electron chi connectivity index (χ1n) is 10.2. The number of guanidine groups is 1. The molecule has 170 valence electrons. The summed E-state index contributed by atoms with van der Waals surface area (Å²) in [6.45, 7) is 7.69. The second-order valence-corrected chi connectivity index (χ2v) is 9.62. The molecule has 2 rings (SSSR count). The fourth-order valence-corrected chi connectivity index (χ4v) is 4.56. The maximum Gasteiger partial charge on any atom is 0.511 e. The molecule has 1 fully saturated rings. The Morgan fingerprint density at radius 1 is 1.13 bits per heavy atom. The number of piperidine rings is 1. The molecule has 10 heteroatoms. The van der Waals surface area contributed by atoms with E-state index in [1.54, 1.807) is 0 Å². The summed E-state index contributed by atoms with van der Waals surface area (Å²) < 4.78 is 61.5. The van der Waals surface area contributed by atoms with Crippen molar-refractivity contribution in [1.29, 1.82) is 0 Å². The zero-order valence-corrected chi connectivity index (χ0v) is 18.5. The van der Waals surface area contributed by atoms with Crippen molar-refractivity contribution in [2.45, 2.75) is 45.5 Å². The molecule has 1 aromatic rings. The van der Waals surface area contributed by atoms with Gasteiger partial charge in [0.2, 0.25) is 0 Å². The lowest BCUT2D eigenvalue weighted by Gasteiger charge is -2.30. The Bertz CT molecular complexity index is 813. The SMILES string of the molecule is CCNC(=NCC1CCN(S(=O)(=O)C(F)(F)F)CC1)NCCc1cc(C)cc(C)c1. The molecule has 30 heavy (non-hydrogen) atoms. The van der Waals surface area contributed by atoms with Gasteiger partial charge in [-0.25, -0.2) is 8.42 Å². The van der Waals surface area contributed by atoms with Crippen LogP contribution in [0.1, 0.15) is 36.5 Å². The van der Waals surface area contributed by atoms with E-state index in [0.717, 1.165) is 6.42 Å². The number of rotatable bonds is 7. The summed E-state index contributed by atoms with van der Waals surface area (Å²) in [7, 11) is -5.23. The summed E-state index contributed by atoms with van der Waals surface area (Å²) in [5.41, 5.74) is -1.54. The molecule has 0 aromatic heterocycles. The van der Waals surface area contributed by atoms with E-state index >= 15 is 0 Å². The van der Waals surface area contributed by atoms with E-state index in [2.05, 4.69) is 47.7 Å². The van der Waals surface area contributed by atoms with E-state index in [0.29, 0.717) is 42.7 Å². The molecular weight excluding hydrogens is 417 g/mol. The number of hydrogen-bond donors (Lipinski definition) is 2. The van der Waals surface area contributed by atoms with Crippen molar-refractivity contribution in [1.82, 2.24) is 14.9 Å². The van der Waals surface area contributed by atoms with Crippen LogP contribution < -0.4 is 10.6 Å². The molecule has 0 atom stereocenters. The zero-order valence-electron chi connectivity index (χ0n) is 17.7. The highest BCUT2D eigenvalue weighted by Crippen LogP contribution is 2.30. The first-order valence-corrected chi connectivity index (χ1v) is 11.6. The van der Waals surface area contributed by atoms with Gasteiger partial charge in [-0.1, -0.05) is 29.3 Å². The Labute approximate surface area is 177 Å². The Morgan fingerprint density at radius 3 is 2.27 bits per heavy atom. The molecule has 0 amide bonds. The molecule has 0 spiro atoms. The van der Waals surface area contributed by atoms with Crippen molar-refractivity contribution in [2.24, 2.45) is 10.9 Å². The molecule has 1 aliphatic heterocycles. The molecule has 0 unspecified atom stereocenters.